The molecule has 0 saturated carbocycles. The van der Waals surface area contributed by atoms with E-state index in [-0.39, 0.29) is 4.90 Å². The zero-order valence-electron chi connectivity index (χ0n) is 21.7. The van der Waals surface area contributed by atoms with Gasteiger partial charge in [-0.25, -0.2) is 8.42 Å². The Hall–Kier alpha value is -2.96. The fourth-order valence-electron chi connectivity index (χ4n) is 3.81. The van der Waals surface area contributed by atoms with Crippen LogP contribution in [-0.4, -0.2) is 8.42 Å². The minimum Gasteiger partial charge on any atom is -0.307 e. The van der Waals surface area contributed by atoms with Crippen molar-refractivity contribution in [2.45, 2.75) is 49.5 Å². The van der Waals surface area contributed by atoms with Crippen molar-refractivity contribution in [2.24, 2.45) is 5.73 Å². The Balaban J connectivity index is 0.000000319. The highest BCUT2D eigenvalue weighted by Crippen LogP contribution is 2.37. The quantitative estimate of drug-likeness (QED) is 0.195. The van der Waals surface area contributed by atoms with E-state index in [0.717, 1.165) is 11.1 Å². The highest BCUT2D eigenvalue weighted by Gasteiger charge is 2.40. The van der Waals surface area contributed by atoms with E-state index in [1.807, 2.05) is 43.3 Å². The van der Waals surface area contributed by atoms with E-state index in [4.69, 9.17) is 17.3 Å². The van der Waals surface area contributed by atoms with Gasteiger partial charge in [0.2, 0.25) is 10.0 Å². The van der Waals surface area contributed by atoms with Gasteiger partial charge in [-0.1, -0.05) is 122 Å². The number of hydrogen-bond acceptors (Lipinski definition) is 3. The molecule has 0 unspecified atom stereocenters. The van der Waals surface area contributed by atoms with Gasteiger partial charge in [-0.15, -0.1) is 11.6 Å². The van der Waals surface area contributed by atoms with Crippen LogP contribution >= 0.6 is 11.6 Å². The first kappa shape index (κ1) is 28.6. The number of alkyl halides is 1. The van der Waals surface area contributed by atoms with Crippen LogP contribution in [0, 0.1) is 13.8 Å². The minimum atomic E-state index is -3.90. The molecule has 0 aliphatic rings. The zero-order chi connectivity index (χ0) is 27.1. The molecule has 0 aliphatic heterocycles. The lowest BCUT2D eigenvalue weighted by atomic mass is 9.93. The zero-order valence-corrected chi connectivity index (χ0v) is 23.3. The Bertz CT molecular complexity index is 1360. The maximum atomic E-state index is 13.0. The standard InChI is InChI=1S/C21H21ClN2O2S.C10H14/c1-16-12-14-19(15-13-16)27(25,26)24-21(23,18-10-6-3-7-11-18)20(22)17-8-4-2-5-9-17;1-8(2)10-6-4-9(3)5-7-10/h2-15,20,24H,23H2,1H3;4-8H,1-3H3/t20-,21-;/m0./s1. The van der Waals surface area contributed by atoms with Gasteiger partial charge in [-0.3, -0.25) is 0 Å². The van der Waals surface area contributed by atoms with Crippen LogP contribution in [-0.2, 0) is 15.7 Å². The molecule has 0 aromatic heterocycles. The fourth-order valence-corrected chi connectivity index (χ4v) is 5.49. The van der Waals surface area contributed by atoms with Gasteiger partial charge in [0, 0.05) is 0 Å². The molecule has 0 fully saturated rings. The van der Waals surface area contributed by atoms with Gasteiger partial charge in [-0.05, 0) is 48.6 Å². The molecule has 0 amide bonds. The third-order valence-electron chi connectivity index (χ3n) is 6.12. The van der Waals surface area contributed by atoms with Gasteiger partial charge < -0.3 is 5.73 Å². The molecule has 2 atom stereocenters. The Kier molecular flexibility index (Phi) is 9.68. The number of halogens is 1. The molecule has 4 aromatic carbocycles. The third-order valence-corrected chi connectivity index (χ3v) is 8.22. The molecule has 0 heterocycles. The van der Waals surface area contributed by atoms with Gasteiger partial charge in [0.05, 0.1) is 10.3 Å². The first-order chi connectivity index (χ1) is 17.5. The molecular formula is C31H35ClN2O2S. The fraction of sp³-hybridized carbons (Fsp3) is 0.226. The molecule has 0 radical (unpaired) electrons. The Morgan fingerprint density at radius 2 is 1.16 bits per heavy atom. The Morgan fingerprint density at radius 3 is 1.65 bits per heavy atom. The second kappa shape index (κ2) is 12.5. The lowest BCUT2D eigenvalue weighted by molar-refractivity contribution is 0.392. The van der Waals surface area contributed by atoms with Crippen molar-refractivity contribution in [3.05, 3.63) is 137 Å². The smallest absolute Gasteiger partial charge is 0.242 e. The van der Waals surface area contributed by atoms with Crippen LogP contribution in [0.5, 0.6) is 0 Å². The number of nitrogens with two attached hydrogens (primary N) is 1. The topological polar surface area (TPSA) is 72.2 Å². The molecule has 0 saturated heterocycles. The van der Waals surface area contributed by atoms with Crippen molar-refractivity contribution in [1.29, 1.82) is 0 Å². The van der Waals surface area contributed by atoms with E-state index < -0.39 is 21.1 Å². The maximum absolute atomic E-state index is 13.0. The van der Waals surface area contributed by atoms with Crippen LogP contribution in [0.2, 0.25) is 0 Å². The number of aryl methyl sites for hydroxylation is 2. The summed E-state index contributed by atoms with van der Waals surface area (Å²) in [5.41, 5.74) is 10.1. The van der Waals surface area contributed by atoms with Gasteiger partial charge in [0.1, 0.15) is 5.66 Å². The van der Waals surface area contributed by atoms with Crippen LogP contribution in [0.3, 0.4) is 0 Å². The van der Waals surface area contributed by atoms with Crippen molar-refractivity contribution < 1.29 is 8.42 Å². The summed E-state index contributed by atoms with van der Waals surface area (Å²) in [4.78, 5) is 0.135. The van der Waals surface area contributed by atoms with Crippen LogP contribution in [0.1, 0.15) is 53.0 Å². The molecule has 4 aromatic rings. The molecule has 4 nitrogen and oxygen atoms in total. The Labute approximate surface area is 226 Å². The minimum absolute atomic E-state index is 0.135. The van der Waals surface area contributed by atoms with Gasteiger partial charge in [-0.2, -0.15) is 4.72 Å². The second-order valence-electron chi connectivity index (χ2n) is 9.49. The summed E-state index contributed by atoms with van der Waals surface area (Å²) in [5, 5.41) is -0.818. The van der Waals surface area contributed by atoms with Crippen molar-refractivity contribution >= 4 is 21.6 Å². The van der Waals surface area contributed by atoms with Crippen LogP contribution in [0.15, 0.2) is 114 Å². The average Bonchev–Trinajstić information content (AvgIpc) is 2.90. The van der Waals surface area contributed by atoms with Gasteiger partial charge >= 0.3 is 0 Å². The number of hydrogen-bond donors (Lipinski definition) is 2. The highest BCUT2D eigenvalue weighted by molar-refractivity contribution is 7.89. The van der Waals surface area contributed by atoms with Crippen molar-refractivity contribution in [3.8, 4) is 0 Å². The SMILES string of the molecule is Cc1ccc(C(C)C)cc1.Cc1ccc(S(=O)(=O)N[C@@](N)(c2ccccc2)[C@@H](Cl)c2ccccc2)cc1. The molecule has 0 aliphatic carbocycles. The molecule has 194 valence electrons. The lowest BCUT2D eigenvalue weighted by Crippen LogP contribution is -2.55. The van der Waals surface area contributed by atoms with Crippen LogP contribution in [0.25, 0.3) is 0 Å². The number of nitrogens with one attached hydrogen (secondary N) is 1. The largest absolute Gasteiger partial charge is 0.307 e. The Morgan fingerprint density at radius 1 is 0.703 bits per heavy atom. The first-order valence-corrected chi connectivity index (χ1v) is 14.2. The monoisotopic (exact) mass is 534 g/mol. The maximum Gasteiger partial charge on any atom is 0.242 e. The predicted octanol–water partition coefficient (Wildman–Crippen LogP) is 7.18. The first-order valence-electron chi connectivity index (χ1n) is 12.2. The van der Waals surface area contributed by atoms with Gasteiger partial charge in [0.25, 0.3) is 0 Å². The van der Waals surface area contributed by atoms with E-state index in [1.165, 1.54) is 11.1 Å². The van der Waals surface area contributed by atoms with E-state index in [9.17, 15) is 8.42 Å². The van der Waals surface area contributed by atoms with Crippen LogP contribution in [0.4, 0.5) is 0 Å². The molecule has 37 heavy (non-hydrogen) atoms. The van der Waals surface area contributed by atoms with Crippen molar-refractivity contribution in [2.75, 3.05) is 0 Å². The van der Waals surface area contributed by atoms with E-state index in [1.54, 1.807) is 48.5 Å². The highest BCUT2D eigenvalue weighted by atomic mass is 35.5. The van der Waals surface area contributed by atoms with Crippen molar-refractivity contribution in [3.63, 3.8) is 0 Å². The van der Waals surface area contributed by atoms with Gasteiger partial charge in [0.15, 0.2) is 0 Å². The third kappa shape index (κ3) is 7.53. The number of benzene rings is 4. The summed E-state index contributed by atoms with van der Waals surface area (Å²) in [7, 11) is -3.90. The summed E-state index contributed by atoms with van der Waals surface area (Å²) >= 11 is 6.71. The molecule has 0 bridgehead atoms. The molecule has 3 N–H and O–H groups in total. The normalized spacial score (nSPS) is 13.8. The van der Waals surface area contributed by atoms with Crippen molar-refractivity contribution in [1.82, 2.24) is 4.72 Å². The molecular weight excluding hydrogens is 500 g/mol. The summed E-state index contributed by atoms with van der Waals surface area (Å²) < 4.78 is 28.7. The molecule has 6 heteroatoms. The summed E-state index contributed by atoms with van der Waals surface area (Å²) in [5.74, 6) is 0.653. The van der Waals surface area contributed by atoms with E-state index in [2.05, 4.69) is 49.8 Å². The van der Waals surface area contributed by atoms with E-state index in [0.29, 0.717) is 11.5 Å². The summed E-state index contributed by atoms with van der Waals surface area (Å²) in [6.45, 7) is 8.44. The molecule has 4 rings (SSSR count). The summed E-state index contributed by atoms with van der Waals surface area (Å²) in [6, 6.07) is 33.4. The number of sulfonamides is 1. The molecule has 0 spiro atoms. The van der Waals surface area contributed by atoms with Crippen LogP contribution < -0.4 is 10.5 Å². The lowest BCUT2D eigenvalue weighted by Gasteiger charge is -2.35. The second-order valence-corrected chi connectivity index (χ2v) is 11.6. The average molecular weight is 535 g/mol. The van der Waals surface area contributed by atoms with E-state index >= 15 is 0 Å². The number of rotatable bonds is 7. The predicted molar refractivity (Wildman–Crippen MR) is 154 cm³/mol. The summed E-state index contributed by atoms with van der Waals surface area (Å²) in [6.07, 6.45) is 0.